The third-order valence-electron chi connectivity index (χ3n) is 18.5. The highest BCUT2D eigenvalue weighted by Crippen LogP contribution is 2.41. The van der Waals surface area contributed by atoms with Crippen molar-refractivity contribution in [2.24, 2.45) is 4.99 Å². The number of aromatic amines is 2. The number of nitrogens with zero attached hydrogens (tertiary/aromatic N) is 16. The van der Waals surface area contributed by atoms with Gasteiger partial charge in [0, 0.05) is 84.9 Å². The largest absolute Gasteiger partial charge is 0.497 e. The fraction of sp³-hybridized carbons (Fsp3) is 0.526. The van der Waals surface area contributed by atoms with Crippen LogP contribution in [0.2, 0.25) is 0 Å². The summed E-state index contributed by atoms with van der Waals surface area (Å²) in [5.74, 6) is 6.65. The number of likely N-dealkylation sites (tertiary alicyclic amines) is 3. The Balaban J connectivity index is 0.000000190. The number of hydrogen-bond acceptors (Lipinski definition) is 27. The predicted molar refractivity (Wildman–Crippen MR) is 448 cm³/mol. The van der Waals surface area contributed by atoms with Gasteiger partial charge in [0.2, 0.25) is 0 Å². The summed E-state index contributed by atoms with van der Waals surface area (Å²) in [6, 6.07) is 17.3. The Kier molecular flexibility index (Phi) is 35.2. The van der Waals surface area contributed by atoms with Crippen molar-refractivity contribution in [2.75, 3.05) is 128 Å². The number of H-pyrrole nitrogens is 2. The summed E-state index contributed by atoms with van der Waals surface area (Å²) >= 11 is 9.96. The molecule has 0 spiro atoms. The molecule has 6 aromatic heterocycles. The molecule has 12 rings (SSSR count). The molecule has 115 heavy (non-hydrogen) atoms. The normalized spacial score (nSPS) is 15.2. The van der Waals surface area contributed by atoms with E-state index < -0.39 is 0 Å². The van der Waals surface area contributed by atoms with Gasteiger partial charge in [0.25, 0.3) is 0 Å². The average molecular weight is 1670 g/mol. The zero-order valence-electron chi connectivity index (χ0n) is 68.8. The molecule has 3 aliphatic heterocycles. The number of benzene rings is 3. The highest BCUT2D eigenvalue weighted by atomic mass is 35.5. The number of aryl methyl sites for hydroxylation is 2. The van der Waals surface area contributed by atoms with Gasteiger partial charge in [-0.3, -0.25) is 5.41 Å². The molecule has 37 heteroatoms. The molecule has 626 valence electrons. The van der Waals surface area contributed by atoms with Crippen LogP contribution in [0.5, 0.6) is 34.5 Å². The smallest absolute Gasteiger partial charge is 0.409 e. The molecule has 3 atom stereocenters. The van der Waals surface area contributed by atoms with E-state index in [1.54, 1.807) is 49.0 Å². The second-order valence-electron chi connectivity index (χ2n) is 27.9. The molecule has 9 aromatic rings. The minimum atomic E-state index is -0.245. The number of rotatable bonds is 23. The highest BCUT2D eigenvalue weighted by Gasteiger charge is 2.32. The second kappa shape index (κ2) is 44.7. The van der Waals surface area contributed by atoms with Crippen molar-refractivity contribution in [3.05, 3.63) is 79.1 Å². The van der Waals surface area contributed by atoms with Crippen LogP contribution in [-0.4, -0.2) is 248 Å². The number of methoxy groups -OCH3 is 6. The first-order valence-corrected chi connectivity index (χ1v) is 41.2. The zero-order chi connectivity index (χ0) is 83.3. The number of nitrogens with one attached hydrogen (secondary N) is 3. The summed E-state index contributed by atoms with van der Waals surface area (Å²) in [7, 11) is 17.8. The van der Waals surface area contributed by atoms with Crippen LogP contribution in [0.25, 0.3) is 33.5 Å². The lowest BCUT2D eigenvalue weighted by molar-refractivity contribution is 0.0725. The van der Waals surface area contributed by atoms with Crippen LogP contribution in [0.3, 0.4) is 0 Å². The molecule has 0 bridgehead atoms. The van der Waals surface area contributed by atoms with Gasteiger partial charge in [-0.15, -0.1) is 11.6 Å². The summed E-state index contributed by atoms with van der Waals surface area (Å²) < 4.78 is 51.8. The maximum Gasteiger partial charge on any atom is 0.409 e. The molecule has 3 saturated heterocycles. The molecule has 0 aliphatic carbocycles. The van der Waals surface area contributed by atoms with E-state index in [0.717, 1.165) is 127 Å². The quantitative estimate of drug-likeness (QED) is 0.0172. The number of piperidine rings is 3. The van der Waals surface area contributed by atoms with Crippen LogP contribution in [-0.2, 0) is 27.3 Å². The van der Waals surface area contributed by atoms with Crippen molar-refractivity contribution in [2.45, 2.75) is 186 Å². The molecular formula is C78H112ClN21O12S3. The van der Waals surface area contributed by atoms with Gasteiger partial charge in [-0.2, -0.15) is 0 Å². The second-order valence-corrected chi connectivity index (χ2v) is 31.4. The van der Waals surface area contributed by atoms with Crippen LogP contribution in [0.1, 0.15) is 119 Å². The van der Waals surface area contributed by atoms with Gasteiger partial charge in [-0.1, -0.05) is 0 Å². The van der Waals surface area contributed by atoms with Gasteiger partial charge in [0.1, 0.15) is 58.2 Å². The number of fused-ring (bicyclic) bond motifs is 3. The fourth-order valence-electron chi connectivity index (χ4n) is 13.0. The Bertz CT molecular complexity index is 4700. The standard InChI is InChI=1S/2C23H30N6O4S.C13H13N5O2S.C10H18ClNO2.C9H21N3/c1-4-33-23(30)29-11-6-5-7-15(29)10-12-28-14-25-20(24)19-21(28)27-22(26-19)34-18-13-16(31-2)8-9-17(18)32-3;1-4-33-23(30)28-11-6-5-7-15(28)10-12-29-21-19(20(24)25-14-26-21)27-22(29)34-18-13-16(31-2)8-9-17(18)32-3;1-19-7-3-4-8(20-2)9(5-7)21-13-17-10-11(14)15-6-16-12(10)18-13;1-2-14-10(13)12-8-4-3-5-9(12)6-7-11;1-9(2,3)10-8(11(4)5)12(6)7/h8-9,13-15,24H,4-7,10-12H2,1-3H3,(H,26,27);8-9,13-15H,4-7,10-12H2,1-3H3,(H2,24,25,26);3-6H,1-2H3,(H3,14,15,16,17,18);9H,2-8H2,1H3;1-7H3. The summed E-state index contributed by atoms with van der Waals surface area (Å²) in [4.78, 5) is 94.2. The van der Waals surface area contributed by atoms with E-state index in [1.165, 1.54) is 54.4 Å². The summed E-state index contributed by atoms with van der Waals surface area (Å²) in [5, 5.41) is 10.2. The third-order valence-corrected chi connectivity index (χ3v) is 21.6. The van der Waals surface area contributed by atoms with Crippen molar-refractivity contribution in [3.63, 3.8) is 0 Å². The van der Waals surface area contributed by atoms with Crippen molar-refractivity contribution in [1.29, 1.82) is 5.41 Å². The van der Waals surface area contributed by atoms with Crippen molar-refractivity contribution in [1.82, 2.24) is 83.5 Å². The van der Waals surface area contributed by atoms with Crippen LogP contribution in [0.4, 0.5) is 26.0 Å². The van der Waals surface area contributed by atoms with E-state index in [-0.39, 0.29) is 41.4 Å². The highest BCUT2D eigenvalue weighted by molar-refractivity contribution is 7.99. The first kappa shape index (κ1) is 90.5. The number of ether oxygens (including phenoxy) is 9. The summed E-state index contributed by atoms with van der Waals surface area (Å²) in [5.41, 5.74) is 15.6. The lowest BCUT2D eigenvalue weighted by Crippen LogP contribution is -2.44. The van der Waals surface area contributed by atoms with E-state index in [9.17, 15) is 14.4 Å². The van der Waals surface area contributed by atoms with Gasteiger partial charge >= 0.3 is 18.3 Å². The number of alkyl halides is 1. The predicted octanol–water partition coefficient (Wildman–Crippen LogP) is 13.8. The van der Waals surface area contributed by atoms with E-state index in [4.69, 9.17) is 81.1 Å². The molecule has 3 fully saturated rings. The zero-order valence-corrected chi connectivity index (χ0v) is 72.0. The summed E-state index contributed by atoms with van der Waals surface area (Å²) in [6.07, 6.45) is 15.6. The Morgan fingerprint density at radius 1 is 0.557 bits per heavy atom. The van der Waals surface area contributed by atoms with Crippen molar-refractivity contribution < 1.29 is 57.0 Å². The van der Waals surface area contributed by atoms with Gasteiger partial charge < -0.3 is 97.7 Å². The lowest BCUT2D eigenvalue weighted by atomic mass is 10.00. The fourth-order valence-corrected chi connectivity index (χ4v) is 16.1. The molecule has 3 aromatic carbocycles. The molecule has 9 heterocycles. The van der Waals surface area contributed by atoms with Gasteiger partial charge in [0.05, 0.1) is 89.0 Å². The molecule has 0 radical (unpaired) electrons. The minimum absolute atomic E-state index is 0.0100. The molecule has 33 nitrogen and oxygen atoms in total. The van der Waals surface area contributed by atoms with Crippen LogP contribution < -0.4 is 45.4 Å². The number of aromatic nitrogens is 12. The number of nitrogens with two attached hydrogens (primary N) is 2. The molecule has 3 unspecified atom stereocenters. The Morgan fingerprint density at radius 3 is 1.43 bits per heavy atom. The first-order valence-electron chi connectivity index (χ1n) is 38.3. The topological polar surface area (TPSA) is 383 Å². The average Bonchev–Trinajstić information content (AvgIpc) is 1.65. The number of guanidine groups is 1. The van der Waals surface area contributed by atoms with E-state index >= 15 is 0 Å². The van der Waals surface area contributed by atoms with Crippen LogP contribution in [0, 0.1) is 5.41 Å². The van der Waals surface area contributed by atoms with E-state index in [1.807, 2.05) is 137 Å². The van der Waals surface area contributed by atoms with E-state index in [2.05, 4.69) is 65.6 Å². The van der Waals surface area contributed by atoms with Crippen LogP contribution >= 0.6 is 46.9 Å². The minimum Gasteiger partial charge on any atom is -0.497 e. The molecular weight excluding hydrogens is 1550 g/mol. The number of anilines is 2. The molecule has 3 amide bonds. The number of imidazole rings is 3. The summed E-state index contributed by atoms with van der Waals surface area (Å²) in [6.45, 7) is 16.5. The number of carbonyl (C=O) groups excluding carboxylic acids is 3. The number of halogens is 1. The molecule has 7 N–H and O–H groups in total. The maximum absolute atomic E-state index is 12.5. The van der Waals surface area contributed by atoms with Gasteiger partial charge in [0.15, 0.2) is 61.0 Å². The van der Waals surface area contributed by atoms with Gasteiger partial charge in [-0.25, -0.2) is 59.2 Å². The number of carbonyl (C=O) groups is 3. The maximum atomic E-state index is 12.5. The monoisotopic (exact) mass is 1670 g/mol. The number of hydrogen-bond donors (Lipinski definition) is 5. The van der Waals surface area contributed by atoms with Gasteiger partial charge in [-0.05, 0) is 208 Å². The van der Waals surface area contributed by atoms with Crippen LogP contribution in [0.15, 0.2) is 109 Å². The lowest BCUT2D eigenvalue weighted by Gasteiger charge is -2.35. The van der Waals surface area contributed by atoms with Crippen molar-refractivity contribution in [3.8, 4) is 34.5 Å². The molecule has 3 aliphatic rings. The van der Waals surface area contributed by atoms with E-state index in [0.29, 0.717) is 123 Å². The Hall–Kier alpha value is -10.1. The number of amides is 3. The SMILES string of the molecule is CCOC(=O)N1CCCCC1CCCl.CCOC(=O)N1CCCCC1CCn1c(Sc2cc(OC)ccc2OC)nc2c(N)ncnc21.CCOC(=O)N1CCCCC1CCn1cnc(=N)c2[nH]c(Sc3cc(OC)ccc3OC)nc21.CN(C)C(=NC(C)(C)C)N(C)C.COc1ccc(OC)c(Sc2nc3ncnc(N)c3[nH]2)c1. The number of nitrogen functional groups attached to an aromatic ring is 2. The third kappa shape index (κ3) is 25.5. The number of aliphatic imine (C=N–C) groups is 1. The Morgan fingerprint density at radius 2 is 1.00 bits per heavy atom. The molecule has 0 saturated carbocycles. The Labute approximate surface area is 689 Å². The van der Waals surface area contributed by atoms with Crippen molar-refractivity contribution >= 4 is 116 Å². The first-order chi connectivity index (χ1) is 55.3.